The van der Waals surface area contributed by atoms with Crippen molar-refractivity contribution in [2.24, 2.45) is 5.41 Å². The number of aliphatic hydroxyl groups is 1. The van der Waals surface area contributed by atoms with Crippen molar-refractivity contribution in [3.63, 3.8) is 0 Å². The van der Waals surface area contributed by atoms with Gasteiger partial charge in [0.1, 0.15) is 0 Å². The maximum absolute atomic E-state index is 12.8. The van der Waals surface area contributed by atoms with E-state index in [-0.39, 0.29) is 22.6 Å². The fraction of sp³-hybridized carbons (Fsp3) is 0.720. The number of aliphatic hydroxyl groups excluding tert-OH is 1. The van der Waals surface area contributed by atoms with Gasteiger partial charge in [0.15, 0.2) is 5.03 Å². The molecule has 1 aromatic heterocycles. The topological polar surface area (TPSA) is 158 Å². The van der Waals surface area contributed by atoms with E-state index in [1.54, 1.807) is 22.5 Å². The highest BCUT2D eigenvalue weighted by Gasteiger charge is 2.45. The van der Waals surface area contributed by atoms with Gasteiger partial charge in [0.05, 0.1) is 18.8 Å². The highest BCUT2D eigenvalue weighted by Crippen LogP contribution is 2.43. The molecule has 3 fully saturated rings. The number of aromatic nitrogens is 1. The maximum Gasteiger partial charge on any atom is 0.490 e. The number of alkyl halides is 6. The van der Waals surface area contributed by atoms with E-state index in [0.717, 1.165) is 58.1 Å². The van der Waals surface area contributed by atoms with Crippen molar-refractivity contribution in [3.05, 3.63) is 24.4 Å². The molecule has 1 unspecified atom stereocenters. The van der Waals surface area contributed by atoms with Crippen molar-refractivity contribution in [3.8, 4) is 0 Å². The number of aliphatic carboxylic acids is 2. The van der Waals surface area contributed by atoms with E-state index in [1.807, 2.05) is 0 Å². The van der Waals surface area contributed by atoms with Crippen molar-refractivity contribution in [2.75, 3.05) is 33.3 Å². The number of carbonyl (C=O) groups is 2. The quantitative estimate of drug-likeness (QED) is 0.404. The Hall–Kier alpha value is -2.54. The number of ether oxygens (including phenoxy) is 1. The van der Waals surface area contributed by atoms with Gasteiger partial charge in [0, 0.05) is 31.9 Å². The molecule has 1 atom stereocenters. The Morgan fingerprint density at radius 2 is 1.53 bits per heavy atom. The molecule has 1 aromatic rings. The molecule has 0 bridgehead atoms. The average Bonchev–Trinajstić information content (AvgIpc) is 3.30. The zero-order valence-electron chi connectivity index (χ0n) is 23.2. The maximum atomic E-state index is 12.8. The van der Waals surface area contributed by atoms with E-state index in [2.05, 4.69) is 16.9 Å². The van der Waals surface area contributed by atoms with Crippen LogP contribution in [0.4, 0.5) is 26.3 Å². The predicted molar refractivity (Wildman–Crippen MR) is 137 cm³/mol. The van der Waals surface area contributed by atoms with Crippen LogP contribution in [-0.2, 0) is 24.3 Å². The van der Waals surface area contributed by atoms with E-state index in [1.165, 1.54) is 6.20 Å². The first-order valence-electron chi connectivity index (χ1n) is 13.3. The summed E-state index contributed by atoms with van der Waals surface area (Å²) in [6.45, 7) is 2.71. The number of hydrogen-bond donors (Lipinski definition) is 3. The molecule has 4 rings (SSSR count). The Morgan fingerprint density at radius 3 is 1.98 bits per heavy atom. The summed E-state index contributed by atoms with van der Waals surface area (Å²) in [6.07, 6.45) is -1.98. The molecule has 18 heteroatoms. The average molecular weight is 652 g/mol. The van der Waals surface area contributed by atoms with E-state index >= 15 is 0 Å². The third-order valence-electron chi connectivity index (χ3n) is 7.58. The number of nitrogens with zero attached hydrogens (tertiary/aromatic N) is 3. The van der Waals surface area contributed by atoms with Crippen LogP contribution in [0.1, 0.15) is 44.9 Å². The smallest absolute Gasteiger partial charge is 0.475 e. The van der Waals surface area contributed by atoms with E-state index < -0.39 is 34.3 Å². The molecule has 11 nitrogen and oxygen atoms in total. The molecule has 3 heterocycles. The number of hydrogen-bond acceptors (Lipinski definition) is 8. The molecule has 2 saturated heterocycles. The van der Waals surface area contributed by atoms with Crippen LogP contribution in [0, 0.1) is 5.41 Å². The minimum Gasteiger partial charge on any atom is -0.475 e. The van der Waals surface area contributed by atoms with Gasteiger partial charge in [0.25, 0.3) is 10.0 Å². The van der Waals surface area contributed by atoms with Gasteiger partial charge >= 0.3 is 24.3 Å². The van der Waals surface area contributed by atoms with E-state index in [0.29, 0.717) is 19.1 Å². The van der Waals surface area contributed by atoms with Crippen LogP contribution in [0.15, 0.2) is 29.4 Å². The lowest BCUT2D eigenvalue weighted by Crippen LogP contribution is -2.44. The van der Waals surface area contributed by atoms with Crippen LogP contribution < -0.4 is 0 Å². The number of piperidine rings is 1. The van der Waals surface area contributed by atoms with Crippen LogP contribution in [0.3, 0.4) is 0 Å². The number of carboxylic acids is 2. The van der Waals surface area contributed by atoms with Gasteiger partial charge in [-0.05, 0) is 69.5 Å². The third-order valence-corrected chi connectivity index (χ3v) is 9.39. The standard InChI is InChI=1S/C21H33N3O4S.2C2HF3O2/c1-23(17-5-7-18(25)8-6-17)15-19-14-21(16-28-19)9-12-24(13-10-21)29(26,27)20-4-2-3-11-22-20;2*3-2(4,5)1(6)7/h2-4,11,17-19,25H,5-10,12-16H2,1H3;2*(H,6,7). The largest absolute Gasteiger partial charge is 0.490 e. The first-order valence-corrected chi connectivity index (χ1v) is 14.7. The van der Waals surface area contributed by atoms with Gasteiger partial charge < -0.3 is 25.0 Å². The molecule has 3 N–H and O–H groups in total. The molecule has 0 aromatic carbocycles. The van der Waals surface area contributed by atoms with E-state index in [4.69, 9.17) is 24.5 Å². The number of rotatable bonds is 5. The normalized spacial score (nSPS) is 24.4. The summed E-state index contributed by atoms with van der Waals surface area (Å²) in [5.41, 5.74) is 0.102. The molecule has 1 spiro atoms. The highest BCUT2D eigenvalue weighted by atomic mass is 32.2. The van der Waals surface area contributed by atoms with Gasteiger partial charge in [-0.15, -0.1) is 0 Å². The second-order valence-corrected chi connectivity index (χ2v) is 12.6. The third kappa shape index (κ3) is 11.2. The van der Waals surface area contributed by atoms with Crippen LogP contribution in [-0.4, -0.2) is 114 Å². The molecule has 0 radical (unpaired) electrons. The summed E-state index contributed by atoms with van der Waals surface area (Å²) >= 11 is 0. The molecule has 43 heavy (non-hydrogen) atoms. The fourth-order valence-electron chi connectivity index (χ4n) is 5.16. The molecule has 246 valence electrons. The zero-order chi connectivity index (χ0) is 32.6. The monoisotopic (exact) mass is 651 g/mol. The van der Waals surface area contributed by atoms with E-state index in [9.17, 15) is 39.9 Å². The first kappa shape index (κ1) is 36.7. The Labute approximate surface area is 244 Å². The summed E-state index contributed by atoms with van der Waals surface area (Å²) in [7, 11) is -1.34. The number of sulfonamides is 1. The number of pyridine rings is 1. The van der Waals surface area contributed by atoms with Crippen LogP contribution >= 0.6 is 0 Å². The second kappa shape index (κ2) is 15.0. The summed E-state index contributed by atoms with van der Waals surface area (Å²) < 4.78 is 96.8. The number of halogens is 6. The minimum absolute atomic E-state index is 0.102. The van der Waals surface area contributed by atoms with Crippen LogP contribution in [0.5, 0.6) is 0 Å². The highest BCUT2D eigenvalue weighted by molar-refractivity contribution is 7.89. The number of likely N-dealkylation sites (N-methyl/N-ethyl adjacent to an activating group) is 1. The lowest BCUT2D eigenvalue weighted by molar-refractivity contribution is -0.193. The Bertz CT molecular complexity index is 1130. The van der Waals surface area contributed by atoms with Crippen LogP contribution in [0.25, 0.3) is 0 Å². The predicted octanol–water partition coefficient (Wildman–Crippen LogP) is 3.14. The van der Waals surface area contributed by atoms with Crippen molar-refractivity contribution < 1.29 is 64.4 Å². The molecular formula is C25H35F6N3O8S. The minimum atomic E-state index is -5.08. The molecule has 3 aliphatic rings. The molecule has 1 aliphatic carbocycles. The summed E-state index contributed by atoms with van der Waals surface area (Å²) in [5.74, 6) is -5.51. The lowest BCUT2D eigenvalue weighted by Gasteiger charge is -2.38. The number of carboxylic acid groups (broad SMARTS) is 2. The van der Waals surface area contributed by atoms with Gasteiger partial charge in [-0.3, -0.25) is 0 Å². The Kier molecular flexibility index (Phi) is 12.8. The fourth-order valence-corrected chi connectivity index (χ4v) is 6.54. The SMILES string of the molecule is CN(CC1CC2(CCN(S(=O)(=O)c3ccccn3)CC2)CO1)C1CCC(O)CC1.O=C(O)C(F)(F)F.O=C(O)C(F)(F)F. The first-order chi connectivity index (χ1) is 19.8. The molecular weight excluding hydrogens is 616 g/mol. The van der Waals surface area contributed by atoms with Crippen molar-refractivity contribution in [1.29, 1.82) is 0 Å². The van der Waals surface area contributed by atoms with Gasteiger partial charge in [-0.1, -0.05) is 6.07 Å². The summed E-state index contributed by atoms with van der Waals surface area (Å²) in [6, 6.07) is 5.54. The van der Waals surface area contributed by atoms with Gasteiger partial charge in [0.2, 0.25) is 0 Å². The zero-order valence-corrected chi connectivity index (χ0v) is 24.0. The molecule has 1 saturated carbocycles. The lowest BCUT2D eigenvalue weighted by atomic mass is 9.77. The Balaban J connectivity index is 0.000000384. The van der Waals surface area contributed by atoms with Gasteiger partial charge in [-0.25, -0.2) is 23.0 Å². The van der Waals surface area contributed by atoms with Gasteiger partial charge in [-0.2, -0.15) is 30.6 Å². The second-order valence-electron chi connectivity index (χ2n) is 10.7. The Morgan fingerprint density at radius 1 is 1.02 bits per heavy atom. The van der Waals surface area contributed by atoms with Crippen molar-refractivity contribution in [2.45, 2.75) is 80.6 Å². The van der Waals surface area contributed by atoms with Crippen molar-refractivity contribution in [1.82, 2.24) is 14.2 Å². The molecule has 2 aliphatic heterocycles. The molecule has 0 amide bonds. The summed E-state index contributed by atoms with van der Waals surface area (Å²) in [4.78, 5) is 24.2. The van der Waals surface area contributed by atoms with Crippen LogP contribution in [0.2, 0.25) is 0 Å². The van der Waals surface area contributed by atoms with Crippen molar-refractivity contribution >= 4 is 22.0 Å². The summed E-state index contributed by atoms with van der Waals surface area (Å²) in [5, 5.41) is 24.1.